The molecule has 0 aliphatic carbocycles. The van der Waals surface area contributed by atoms with Crippen LogP contribution in [0.25, 0.3) is 0 Å². The predicted octanol–water partition coefficient (Wildman–Crippen LogP) is 5.58. The molecule has 0 N–H and O–H groups in total. The topological polar surface area (TPSA) is 23.6 Å². The van der Waals surface area contributed by atoms with Gasteiger partial charge in [-0.3, -0.25) is 9.69 Å². The highest BCUT2D eigenvalue weighted by Crippen LogP contribution is 2.27. The highest BCUT2D eigenvalue weighted by molar-refractivity contribution is 6.06. The predicted molar refractivity (Wildman–Crippen MR) is 119 cm³/mol. The standard InChI is InChI=1S/C26H26F2N2O/c1-19-3-2-4-21(17-19)26(31)30(24-11-9-23(28)10-12-24)25-13-15-29(16-14-25)18-20-5-7-22(27)8-6-20/h2-12,17,25H,13-16,18H2,1H3. The molecule has 1 heterocycles. The van der Waals surface area contributed by atoms with E-state index in [9.17, 15) is 13.6 Å². The van der Waals surface area contributed by atoms with Gasteiger partial charge in [0.1, 0.15) is 11.6 Å². The molecule has 0 unspecified atom stereocenters. The molecule has 160 valence electrons. The maximum atomic E-state index is 13.5. The normalized spacial score (nSPS) is 15.1. The van der Waals surface area contributed by atoms with Crippen molar-refractivity contribution in [2.75, 3.05) is 18.0 Å². The molecule has 1 aliphatic heterocycles. The lowest BCUT2D eigenvalue weighted by Gasteiger charge is -2.38. The lowest BCUT2D eigenvalue weighted by molar-refractivity contribution is 0.0958. The average Bonchev–Trinajstić information content (AvgIpc) is 2.78. The largest absolute Gasteiger partial charge is 0.305 e. The molecule has 5 heteroatoms. The molecule has 1 amide bonds. The summed E-state index contributed by atoms with van der Waals surface area (Å²) in [5.74, 6) is -0.611. The van der Waals surface area contributed by atoms with Gasteiger partial charge in [0.25, 0.3) is 5.91 Å². The zero-order valence-corrected chi connectivity index (χ0v) is 17.6. The first-order valence-corrected chi connectivity index (χ1v) is 10.6. The van der Waals surface area contributed by atoms with Crippen molar-refractivity contribution >= 4 is 11.6 Å². The molecule has 0 spiro atoms. The van der Waals surface area contributed by atoms with Gasteiger partial charge in [0, 0.05) is 36.9 Å². The zero-order valence-electron chi connectivity index (χ0n) is 17.6. The molecule has 0 atom stereocenters. The van der Waals surface area contributed by atoms with Crippen LogP contribution in [0.15, 0.2) is 72.8 Å². The Bertz CT molecular complexity index is 1030. The van der Waals surface area contributed by atoms with E-state index in [1.807, 2.05) is 48.2 Å². The van der Waals surface area contributed by atoms with Gasteiger partial charge in [-0.1, -0.05) is 29.8 Å². The van der Waals surface area contributed by atoms with Crippen LogP contribution in [-0.4, -0.2) is 29.9 Å². The first-order chi connectivity index (χ1) is 15.0. The van der Waals surface area contributed by atoms with Gasteiger partial charge < -0.3 is 4.90 Å². The maximum Gasteiger partial charge on any atom is 0.258 e. The highest BCUT2D eigenvalue weighted by Gasteiger charge is 2.30. The summed E-state index contributed by atoms with van der Waals surface area (Å²) in [4.78, 5) is 17.6. The molecule has 0 saturated carbocycles. The van der Waals surface area contributed by atoms with Crippen molar-refractivity contribution in [2.24, 2.45) is 0 Å². The van der Waals surface area contributed by atoms with E-state index in [1.165, 1.54) is 24.3 Å². The lowest BCUT2D eigenvalue weighted by atomic mass is 9.99. The molecule has 31 heavy (non-hydrogen) atoms. The summed E-state index contributed by atoms with van der Waals surface area (Å²) in [7, 11) is 0. The number of anilines is 1. The molecular weight excluding hydrogens is 394 g/mol. The number of hydrogen-bond donors (Lipinski definition) is 0. The monoisotopic (exact) mass is 420 g/mol. The number of likely N-dealkylation sites (tertiary alicyclic amines) is 1. The number of aryl methyl sites for hydroxylation is 1. The van der Waals surface area contributed by atoms with Crippen LogP contribution in [0.3, 0.4) is 0 Å². The quantitative estimate of drug-likeness (QED) is 0.538. The molecule has 1 aliphatic rings. The molecule has 0 bridgehead atoms. The Hall–Kier alpha value is -3.05. The minimum absolute atomic E-state index is 0.0305. The van der Waals surface area contributed by atoms with Crippen molar-refractivity contribution in [3.63, 3.8) is 0 Å². The molecule has 3 aromatic rings. The first kappa shape index (κ1) is 21.2. The number of hydrogen-bond acceptors (Lipinski definition) is 2. The summed E-state index contributed by atoms with van der Waals surface area (Å²) in [6.45, 7) is 4.39. The SMILES string of the molecule is Cc1cccc(C(=O)N(c2ccc(F)cc2)C2CCN(Cc3ccc(F)cc3)CC2)c1. The molecule has 3 nitrogen and oxygen atoms in total. The fourth-order valence-corrected chi connectivity index (χ4v) is 4.20. The third kappa shape index (κ3) is 5.17. The number of nitrogens with zero attached hydrogens (tertiary/aromatic N) is 2. The van der Waals surface area contributed by atoms with Crippen LogP contribution in [0.2, 0.25) is 0 Å². The Balaban J connectivity index is 1.51. The zero-order chi connectivity index (χ0) is 21.8. The molecule has 0 radical (unpaired) electrons. The second-order valence-electron chi connectivity index (χ2n) is 8.15. The Labute approximate surface area is 181 Å². The Kier molecular flexibility index (Phi) is 6.42. The van der Waals surface area contributed by atoms with Crippen molar-refractivity contribution in [1.29, 1.82) is 0 Å². The van der Waals surface area contributed by atoms with E-state index in [4.69, 9.17) is 0 Å². The van der Waals surface area contributed by atoms with Crippen LogP contribution in [0.1, 0.15) is 34.3 Å². The smallest absolute Gasteiger partial charge is 0.258 e. The molecule has 4 rings (SSSR count). The van der Waals surface area contributed by atoms with Gasteiger partial charge in [-0.15, -0.1) is 0 Å². The number of amides is 1. The number of rotatable bonds is 5. The van der Waals surface area contributed by atoms with Crippen LogP contribution in [-0.2, 0) is 6.54 Å². The van der Waals surface area contributed by atoms with Crippen LogP contribution < -0.4 is 4.90 Å². The first-order valence-electron chi connectivity index (χ1n) is 10.6. The number of halogens is 2. The average molecular weight is 421 g/mol. The summed E-state index contributed by atoms with van der Waals surface area (Å²) in [6.07, 6.45) is 1.63. The number of carbonyl (C=O) groups excluding carboxylic acids is 1. The molecule has 0 aromatic heterocycles. The number of benzene rings is 3. The molecule has 1 saturated heterocycles. The third-order valence-corrected chi connectivity index (χ3v) is 5.83. The summed E-state index contributed by atoms with van der Waals surface area (Å²) in [5.41, 5.74) is 3.45. The van der Waals surface area contributed by atoms with Crippen LogP contribution in [0.4, 0.5) is 14.5 Å². The second-order valence-corrected chi connectivity index (χ2v) is 8.15. The lowest BCUT2D eigenvalue weighted by Crippen LogP contribution is -2.47. The van der Waals surface area contributed by atoms with Crippen molar-refractivity contribution in [1.82, 2.24) is 4.90 Å². The molecular formula is C26H26F2N2O. The van der Waals surface area contributed by atoms with Gasteiger partial charge in [-0.25, -0.2) is 8.78 Å². The Morgan fingerprint density at radius 1 is 0.935 bits per heavy atom. The summed E-state index contributed by atoms with van der Waals surface area (Å²) < 4.78 is 26.7. The van der Waals surface area contributed by atoms with Gasteiger partial charge in [-0.2, -0.15) is 0 Å². The van der Waals surface area contributed by atoms with Crippen molar-refractivity contribution in [3.8, 4) is 0 Å². The van der Waals surface area contributed by atoms with Gasteiger partial charge in [-0.05, 0) is 73.9 Å². The summed E-state index contributed by atoms with van der Waals surface area (Å²) >= 11 is 0. The summed E-state index contributed by atoms with van der Waals surface area (Å²) in [6, 6.07) is 20.3. The molecule has 1 fully saturated rings. The van der Waals surface area contributed by atoms with Crippen LogP contribution in [0.5, 0.6) is 0 Å². The van der Waals surface area contributed by atoms with Crippen molar-refractivity contribution < 1.29 is 13.6 Å². The van der Waals surface area contributed by atoms with E-state index >= 15 is 0 Å². The maximum absolute atomic E-state index is 13.5. The Morgan fingerprint density at radius 3 is 2.16 bits per heavy atom. The van der Waals surface area contributed by atoms with E-state index in [0.29, 0.717) is 11.3 Å². The van der Waals surface area contributed by atoms with E-state index in [0.717, 1.165) is 43.6 Å². The minimum atomic E-state index is -0.319. The number of piperidine rings is 1. The van der Waals surface area contributed by atoms with Crippen molar-refractivity contribution in [2.45, 2.75) is 32.4 Å². The fraction of sp³-hybridized carbons (Fsp3) is 0.269. The minimum Gasteiger partial charge on any atom is -0.305 e. The Morgan fingerprint density at radius 2 is 1.55 bits per heavy atom. The van der Waals surface area contributed by atoms with E-state index in [2.05, 4.69) is 4.90 Å². The van der Waals surface area contributed by atoms with Gasteiger partial charge in [0.2, 0.25) is 0 Å². The molecule has 3 aromatic carbocycles. The van der Waals surface area contributed by atoms with Gasteiger partial charge in [0.05, 0.1) is 0 Å². The highest BCUT2D eigenvalue weighted by atomic mass is 19.1. The van der Waals surface area contributed by atoms with Crippen LogP contribution in [0, 0.1) is 18.6 Å². The fourth-order valence-electron chi connectivity index (χ4n) is 4.20. The van der Waals surface area contributed by atoms with E-state index in [1.54, 1.807) is 12.1 Å². The van der Waals surface area contributed by atoms with Crippen LogP contribution >= 0.6 is 0 Å². The van der Waals surface area contributed by atoms with Gasteiger partial charge in [0.15, 0.2) is 0 Å². The van der Waals surface area contributed by atoms with Crippen molar-refractivity contribution in [3.05, 3.63) is 101 Å². The summed E-state index contributed by atoms with van der Waals surface area (Å²) in [5, 5.41) is 0. The number of carbonyl (C=O) groups is 1. The van der Waals surface area contributed by atoms with E-state index < -0.39 is 0 Å². The second kappa shape index (κ2) is 9.40. The van der Waals surface area contributed by atoms with Gasteiger partial charge >= 0.3 is 0 Å². The third-order valence-electron chi connectivity index (χ3n) is 5.83. The van der Waals surface area contributed by atoms with E-state index in [-0.39, 0.29) is 23.6 Å².